The monoisotopic (exact) mass is 386 g/mol. The Morgan fingerprint density at radius 3 is 2.79 bits per heavy atom. The molecule has 0 N–H and O–H groups in total. The van der Waals surface area contributed by atoms with Crippen molar-refractivity contribution in [2.24, 2.45) is 34.5 Å². The molecule has 3 fully saturated rings. The Hall–Kier alpha value is -1.12. The smallest absolute Gasteiger partial charge is 0.306 e. The Kier molecular flexibility index (Phi) is 5.48. The van der Waals surface area contributed by atoms with Crippen molar-refractivity contribution in [3.63, 3.8) is 0 Å². The molecule has 0 spiro atoms. The molecule has 0 radical (unpaired) electrons. The van der Waals surface area contributed by atoms with Gasteiger partial charge in [-0.3, -0.25) is 4.79 Å². The fourth-order valence-electron chi connectivity index (χ4n) is 7.57. The first kappa shape index (κ1) is 20.2. The van der Waals surface area contributed by atoms with Gasteiger partial charge in [0, 0.05) is 19.3 Å². The van der Waals surface area contributed by atoms with Gasteiger partial charge in [-0.2, -0.15) is 0 Å². The Morgan fingerprint density at radius 1 is 1.18 bits per heavy atom. The first-order valence-corrected chi connectivity index (χ1v) is 11.7. The summed E-state index contributed by atoms with van der Waals surface area (Å²) in [5, 5.41) is 0. The second-order valence-corrected chi connectivity index (χ2v) is 10.7. The summed E-state index contributed by atoms with van der Waals surface area (Å²) in [4.78, 5) is 22.5. The van der Waals surface area contributed by atoms with Crippen LogP contribution in [0.15, 0.2) is 11.6 Å². The first-order valence-electron chi connectivity index (χ1n) is 11.7. The molecular formula is C25H38O3. The van der Waals surface area contributed by atoms with Crippen molar-refractivity contribution in [2.45, 2.75) is 97.5 Å². The van der Waals surface area contributed by atoms with Gasteiger partial charge in [-0.1, -0.05) is 32.4 Å². The molecular weight excluding hydrogens is 348 g/mol. The molecule has 3 nitrogen and oxygen atoms in total. The number of esters is 1. The van der Waals surface area contributed by atoms with Crippen LogP contribution in [0.4, 0.5) is 0 Å². The minimum absolute atomic E-state index is 0.0416. The summed E-state index contributed by atoms with van der Waals surface area (Å²) in [5.74, 6) is 3.34. The molecule has 4 aliphatic rings. The predicted molar refractivity (Wildman–Crippen MR) is 111 cm³/mol. The third kappa shape index (κ3) is 3.27. The number of allylic oxidation sites excluding steroid dienone is 1. The van der Waals surface area contributed by atoms with Crippen molar-refractivity contribution in [1.82, 2.24) is 0 Å². The highest BCUT2D eigenvalue weighted by atomic mass is 16.5. The van der Waals surface area contributed by atoms with Crippen molar-refractivity contribution in [1.29, 1.82) is 0 Å². The molecule has 3 heteroatoms. The van der Waals surface area contributed by atoms with Crippen molar-refractivity contribution in [2.75, 3.05) is 0 Å². The number of fused-ring (bicyclic) bond motifs is 5. The van der Waals surface area contributed by atoms with E-state index in [1.54, 1.807) is 5.57 Å². The van der Waals surface area contributed by atoms with E-state index >= 15 is 0 Å². The second-order valence-electron chi connectivity index (χ2n) is 10.7. The predicted octanol–water partition coefficient (Wildman–Crippen LogP) is 5.87. The topological polar surface area (TPSA) is 43.4 Å². The van der Waals surface area contributed by atoms with Gasteiger partial charge in [0.05, 0.1) is 0 Å². The van der Waals surface area contributed by atoms with Crippen LogP contribution in [0.5, 0.6) is 0 Å². The van der Waals surface area contributed by atoms with Crippen LogP contribution in [0.1, 0.15) is 91.4 Å². The summed E-state index contributed by atoms with van der Waals surface area (Å²) in [6.45, 7) is 7.58. The maximum atomic E-state index is 12.1. The fraction of sp³-hybridized carbons (Fsp3) is 0.840. The third-order valence-corrected chi connectivity index (χ3v) is 9.53. The number of hydrogen-bond acceptors (Lipinski definition) is 3. The van der Waals surface area contributed by atoms with Crippen molar-refractivity contribution >= 4 is 12.3 Å². The third-order valence-electron chi connectivity index (χ3n) is 9.53. The Labute approximate surface area is 170 Å². The largest absolute Gasteiger partial charge is 0.462 e. The minimum atomic E-state index is -0.127. The van der Waals surface area contributed by atoms with Gasteiger partial charge in [-0.25, -0.2) is 0 Å². The summed E-state index contributed by atoms with van der Waals surface area (Å²) in [7, 11) is 0. The average Bonchev–Trinajstić information content (AvgIpc) is 2.97. The van der Waals surface area contributed by atoms with Crippen LogP contribution in [-0.4, -0.2) is 18.4 Å². The van der Waals surface area contributed by atoms with E-state index in [1.807, 2.05) is 0 Å². The number of hydrogen-bond donors (Lipinski definition) is 0. The van der Waals surface area contributed by atoms with Gasteiger partial charge in [-0.15, -0.1) is 0 Å². The molecule has 4 rings (SSSR count). The van der Waals surface area contributed by atoms with E-state index < -0.39 is 0 Å². The van der Waals surface area contributed by atoms with Gasteiger partial charge in [0.15, 0.2) is 0 Å². The van der Waals surface area contributed by atoms with Crippen LogP contribution in [0.2, 0.25) is 0 Å². The summed E-state index contributed by atoms with van der Waals surface area (Å²) < 4.78 is 5.77. The van der Waals surface area contributed by atoms with Crippen LogP contribution in [0.3, 0.4) is 0 Å². The SMILES string of the molecule is C[C@H]1CCC2[C@@H]3CC=C4C[C@@H](OC(=O)CCCC=O)CC[C@]4(C)C3CC[C@@]21C. The van der Waals surface area contributed by atoms with E-state index in [1.165, 1.54) is 32.1 Å². The van der Waals surface area contributed by atoms with Gasteiger partial charge in [0.1, 0.15) is 12.4 Å². The molecule has 0 heterocycles. The molecule has 0 bridgehead atoms. The van der Waals surface area contributed by atoms with Gasteiger partial charge >= 0.3 is 5.97 Å². The molecule has 0 saturated heterocycles. The average molecular weight is 387 g/mol. The van der Waals surface area contributed by atoms with Crippen LogP contribution < -0.4 is 0 Å². The van der Waals surface area contributed by atoms with Gasteiger partial charge in [0.2, 0.25) is 0 Å². The second kappa shape index (κ2) is 7.61. The van der Waals surface area contributed by atoms with Crippen LogP contribution in [0, 0.1) is 34.5 Å². The van der Waals surface area contributed by atoms with Crippen molar-refractivity contribution in [3.8, 4) is 0 Å². The molecule has 7 atom stereocenters. The minimum Gasteiger partial charge on any atom is -0.462 e. The van der Waals surface area contributed by atoms with Crippen molar-refractivity contribution < 1.29 is 14.3 Å². The van der Waals surface area contributed by atoms with E-state index in [0.717, 1.165) is 49.2 Å². The Morgan fingerprint density at radius 2 is 2.00 bits per heavy atom. The number of ether oxygens (including phenoxy) is 1. The first-order chi connectivity index (χ1) is 13.4. The zero-order valence-corrected chi connectivity index (χ0v) is 18.0. The molecule has 0 aliphatic heterocycles. The Balaban J connectivity index is 1.44. The molecule has 0 amide bonds. The zero-order valence-electron chi connectivity index (χ0n) is 18.0. The van der Waals surface area contributed by atoms with Gasteiger partial charge in [0.25, 0.3) is 0 Å². The highest BCUT2D eigenvalue weighted by Crippen LogP contribution is 2.66. The summed E-state index contributed by atoms with van der Waals surface area (Å²) >= 11 is 0. The zero-order chi connectivity index (χ0) is 19.9. The number of unbranched alkanes of at least 4 members (excludes halogenated alkanes) is 1. The molecule has 2 unspecified atom stereocenters. The molecule has 156 valence electrons. The highest BCUT2D eigenvalue weighted by molar-refractivity contribution is 5.70. The molecule has 0 aromatic carbocycles. The lowest BCUT2D eigenvalue weighted by Gasteiger charge is -2.58. The van der Waals surface area contributed by atoms with Gasteiger partial charge in [-0.05, 0) is 85.9 Å². The summed E-state index contributed by atoms with van der Waals surface area (Å²) in [5.41, 5.74) is 2.45. The summed E-state index contributed by atoms with van der Waals surface area (Å²) in [6, 6.07) is 0. The molecule has 3 saturated carbocycles. The number of aldehydes is 1. The highest BCUT2D eigenvalue weighted by Gasteiger charge is 2.57. The van der Waals surface area contributed by atoms with E-state index in [0.29, 0.717) is 30.1 Å². The standard InChI is InChI=1S/C25H38O3/c1-17-7-10-21-20-9-8-18-16-19(28-23(27)6-4-5-15-26)11-13-25(18,3)22(20)12-14-24(17,21)2/h8,15,17,19-22H,4-7,9-14,16H2,1-3H3/t17-,19-,20-,21?,22?,24+,25-/m0/s1. The molecule has 28 heavy (non-hydrogen) atoms. The quantitative estimate of drug-likeness (QED) is 0.257. The Bertz CT molecular complexity index is 652. The van der Waals surface area contributed by atoms with E-state index in [4.69, 9.17) is 4.74 Å². The molecule has 0 aromatic rings. The number of rotatable bonds is 5. The maximum absolute atomic E-state index is 12.1. The maximum Gasteiger partial charge on any atom is 0.306 e. The lowest BCUT2D eigenvalue weighted by atomic mass is 9.47. The molecule has 4 aliphatic carbocycles. The van der Waals surface area contributed by atoms with Crippen molar-refractivity contribution in [3.05, 3.63) is 11.6 Å². The van der Waals surface area contributed by atoms with E-state index in [9.17, 15) is 9.59 Å². The van der Waals surface area contributed by atoms with E-state index in [-0.39, 0.29) is 12.1 Å². The van der Waals surface area contributed by atoms with Crippen LogP contribution >= 0.6 is 0 Å². The lowest BCUT2D eigenvalue weighted by Crippen LogP contribution is -2.50. The van der Waals surface area contributed by atoms with Crippen LogP contribution in [0.25, 0.3) is 0 Å². The van der Waals surface area contributed by atoms with E-state index in [2.05, 4.69) is 26.8 Å². The molecule has 0 aromatic heterocycles. The fourth-order valence-corrected chi connectivity index (χ4v) is 7.57. The summed E-state index contributed by atoms with van der Waals surface area (Å²) in [6.07, 6.45) is 14.8. The number of carbonyl (C=O) groups is 2. The van der Waals surface area contributed by atoms with Gasteiger partial charge < -0.3 is 9.53 Å². The normalized spacial score (nSPS) is 44.7. The lowest BCUT2D eigenvalue weighted by molar-refractivity contribution is -0.151. The number of carbonyl (C=O) groups excluding carboxylic acids is 2. The van der Waals surface area contributed by atoms with Crippen LogP contribution in [-0.2, 0) is 14.3 Å².